The summed E-state index contributed by atoms with van der Waals surface area (Å²) in [5.74, 6) is -0.0930. The number of carbonyl (C=O) groups excluding carboxylic acids is 1. The van der Waals surface area contributed by atoms with Gasteiger partial charge in [0, 0.05) is 6.42 Å². The van der Waals surface area contributed by atoms with Crippen molar-refractivity contribution in [3.05, 3.63) is 109 Å². The highest BCUT2D eigenvalue weighted by atomic mass is 16.3. The van der Waals surface area contributed by atoms with Gasteiger partial charge < -0.3 is 15.5 Å². The highest BCUT2D eigenvalue weighted by molar-refractivity contribution is 5.76. The molecule has 0 aliphatic rings. The second kappa shape index (κ2) is 48.4. The van der Waals surface area contributed by atoms with E-state index in [9.17, 15) is 15.0 Å². The molecule has 0 aromatic heterocycles. The number of allylic oxidation sites excluding steroid dienone is 18. The summed E-state index contributed by atoms with van der Waals surface area (Å²) < 4.78 is 0. The van der Waals surface area contributed by atoms with Crippen LogP contribution < -0.4 is 5.32 Å². The summed E-state index contributed by atoms with van der Waals surface area (Å²) in [6.07, 6.45) is 73.2. The molecule has 3 N–H and O–H groups in total. The minimum Gasteiger partial charge on any atom is -0.394 e. The number of rotatable bonds is 42. The number of aliphatic hydroxyl groups excluding tert-OH is 2. The molecule has 0 saturated carbocycles. The quantitative estimate of drug-likeness (QED) is 0.0425. The number of unbranched alkanes of at least 4 members (excludes halogenated alkanes) is 17. The predicted octanol–water partition coefficient (Wildman–Crippen LogP) is 15.6. The van der Waals surface area contributed by atoms with Gasteiger partial charge in [-0.25, -0.2) is 0 Å². The summed E-state index contributed by atoms with van der Waals surface area (Å²) in [6, 6.07) is -0.575. The van der Waals surface area contributed by atoms with Crippen LogP contribution >= 0.6 is 0 Å². The van der Waals surface area contributed by atoms with Crippen LogP contribution in [0.4, 0.5) is 0 Å². The maximum Gasteiger partial charge on any atom is 0.220 e. The number of aliphatic hydroxyl groups is 2. The van der Waals surface area contributed by atoms with Gasteiger partial charge >= 0.3 is 0 Å². The Hall–Kier alpha value is -2.95. The van der Waals surface area contributed by atoms with E-state index in [0.29, 0.717) is 12.8 Å². The Balaban J connectivity index is 3.71. The minimum absolute atomic E-state index is 0.0930. The van der Waals surface area contributed by atoms with Crippen LogP contribution in [0.25, 0.3) is 0 Å². The van der Waals surface area contributed by atoms with Crippen molar-refractivity contribution in [3.63, 3.8) is 0 Å². The molecule has 1 amide bonds. The minimum atomic E-state index is -0.691. The summed E-state index contributed by atoms with van der Waals surface area (Å²) >= 11 is 0. The van der Waals surface area contributed by atoms with E-state index in [2.05, 4.69) is 129 Å². The van der Waals surface area contributed by atoms with Crippen LogP contribution in [0.2, 0.25) is 0 Å². The summed E-state index contributed by atoms with van der Waals surface area (Å²) in [5, 5.41) is 23.2. The molecular weight excluding hydrogens is 711 g/mol. The lowest BCUT2D eigenvalue weighted by Crippen LogP contribution is -2.45. The molecule has 0 spiro atoms. The first-order chi connectivity index (χ1) is 28.7. The molecule has 0 fully saturated rings. The molecule has 0 saturated heterocycles. The standard InChI is InChI=1S/C54H91NO3/c1-3-5-7-9-11-13-15-17-19-21-22-23-24-25-26-27-28-29-30-31-32-34-36-38-40-42-44-46-48-50-54(58)55-52(51-56)53(57)49-47-45-43-41-39-37-35-33-20-18-16-14-12-10-8-6-4-2/h5,7,11,13,17,19,22-23,25-26,28-29,31-32,36,38,42,44,52-53,56-57H,3-4,6,8-10,12,14-16,18,20-21,24,27,30,33-35,37,39-41,43,45-51H2,1-2H3,(H,55,58)/b7-5-,13-11-,19-17-,23-22-,26-25-,29-28-,32-31-,38-36-,44-42-. The Kier molecular flexibility index (Phi) is 46.0. The average molecular weight is 802 g/mol. The molecule has 0 rings (SSSR count). The first-order valence-corrected chi connectivity index (χ1v) is 24.1. The van der Waals surface area contributed by atoms with Gasteiger partial charge in [0.2, 0.25) is 5.91 Å². The third kappa shape index (κ3) is 44.2. The number of hydrogen-bond acceptors (Lipinski definition) is 3. The van der Waals surface area contributed by atoms with Gasteiger partial charge in [0.1, 0.15) is 0 Å². The van der Waals surface area contributed by atoms with Gasteiger partial charge in [-0.05, 0) is 77.0 Å². The van der Waals surface area contributed by atoms with E-state index in [0.717, 1.165) is 83.5 Å². The lowest BCUT2D eigenvalue weighted by atomic mass is 10.0. The summed E-state index contributed by atoms with van der Waals surface area (Å²) in [7, 11) is 0. The summed E-state index contributed by atoms with van der Waals surface area (Å²) in [6.45, 7) is 4.22. The molecule has 2 atom stereocenters. The van der Waals surface area contributed by atoms with Crippen LogP contribution in [0, 0.1) is 0 Å². The van der Waals surface area contributed by atoms with Gasteiger partial charge in [-0.3, -0.25) is 4.79 Å². The number of hydrogen-bond donors (Lipinski definition) is 3. The second-order valence-corrected chi connectivity index (χ2v) is 15.8. The van der Waals surface area contributed by atoms with Crippen molar-refractivity contribution in [3.8, 4) is 0 Å². The van der Waals surface area contributed by atoms with E-state index in [-0.39, 0.29) is 12.5 Å². The van der Waals surface area contributed by atoms with Gasteiger partial charge in [-0.15, -0.1) is 0 Å². The first kappa shape index (κ1) is 55.0. The fourth-order valence-corrected chi connectivity index (χ4v) is 6.66. The first-order valence-electron chi connectivity index (χ1n) is 24.1. The number of nitrogens with one attached hydrogen (secondary N) is 1. The molecule has 0 radical (unpaired) electrons. The molecule has 0 bridgehead atoms. The van der Waals surface area contributed by atoms with Crippen LogP contribution in [0.5, 0.6) is 0 Å². The molecule has 4 heteroatoms. The SMILES string of the molecule is CC/C=C\C/C=C\C/C=C\C/C=C\C/C=C\C/C=C\C/C=C\C/C=C\C/C=C\CCCC(=O)NC(CO)C(O)CCCCCCCCCCCCCCCCCCC. The van der Waals surface area contributed by atoms with Crippen molar-refractivity contribution < 1.29 is 15.0 Å². The monoisotopic (exact) mass is 802 g/mol. The molecule has 4 nitrogen and oxygen atoms in total. The molecule has 330 valence electrons. The third-order valence-electron chi connectivity index (χ3n) is 10.3. The van der Waals surface area contributed by atoms with Gasteiger partial charge in [-0.1, -0.05) is 232 Å². The molecule has 0 aromatic carbocycles. The average Bonchev–Trinajstić information content (AvgIpc) is 3.23. The Labute approximate surface area is 359 Å². The van der Waals surface area contributed by atoms with Crippen molar-refractivity contribution in [1.29, 1.82) is 0 Å². The number of carbonyl (C=O) groups is 1. The van der Waals surface area contributed by atoms with E-state index >= 15 is 0 Å². The third-order valence-corrected chi connectivity index (χ3v) is 10.3. The van der Waals surface area contributed by atoms with Gasteiger partial charge in [0.15, 0.2) is 0 Å². The Morgan fingerprint density at radius 1 is 0.431 bits per heavy atom. The Bertz CT molecular complexity index is 1140. The van der Waals surface area contributed by atoms with Crippen LogP contribution in [0.1, 0.15) is 206 Å². The molecule has 0 heterocycles. The predicted molar refractivity (Wildman–Crippen MR) is 257 cm³/mol. The zero-order chi connectivity index (χ0) is 42.1. The molecule has 0 aromatic rings. The van der Waals surface area contributed by atoms with Crippen molar-refractivity contribution in [2.75, 3.05) is 6.61 Å². The maximum absolute atomic E-state index is 12.4. The molecule has 58 heavy (non-hydrogen) atoms. The fourth-order valence-electron chi connectivity index (χ4n) is 6.66. The second-order valence-electron chi connectivity index (χ2n) is 15.8. The molecule has 2 unspecified atom stereocenters. The van der Waals surface area contributed by atoms with E-state index in [1.54, 1.807) is 0 Å². The van der Waals surface area contributed by atoms with Crippen LogP contribution in [-0.4, -0.2) is 34.9 Å². The Morgan fingerprint density at radius 2 is 0.741 bits per heavy atom. The van der Waals surface area contributed by atoms with Gasteiger partial charge in [0.05, 0.1) is 18.8 Å². The zero-order valence-electron chi connectivity index (χ0n) is 37.8. The van der Waals surface area contributed by atoms with Crippen molar-refractivity contribution >= 4 is 5.91 Å². The van der Waals surface area contributed by atoms with E-state index in [1.807, 2.05) is 0 Å². The lowest BCUT2D eigenvalue weighted by Gasteiger charge is -2.22. The van der Waals surface area contributed by atoms with Crippen molar-refractivity contribution in [1.82, 2.24) is 5.32 Å². The smallest absolute Gasteiger partial charge is 0.220 e. The lowest BCUT2D eigenvalue weighted by molar-refractivity contribution is -0.123. The Morgan fingerprint density at radius 3 is 1.07 bits per heavy atom. The highest BCUT2D eigenvalue weighted by Crippen LogP contribution is 2.15. The highest BCUT2D eigenvalue weighted by Gasteiger charge is 2.19. The van der Waals surface area contributed by atoms with Gasteiger partial charge in [-0.2, -0.15) is 0 Å². The zero-order valence-corrected chi connectivity index (χ0v) is 37.8. The molecule has 0 aliphatic heterocycles. The van der Waals surface area contributed by atoms with E-state index in [1.165, 1.54) is 96.3 Å². The molecular formula is C54H91NO3. The van der Waals surface area contributed by atoms with Crippen LogP contribution in [0.3, 0.4) is 0 Å². The van der Waals surface area contributed by atoms with Crippen molar-refractivity contribution in [2.24, 2.45) is 0 Å². The summed E-state index contributed by atoms with van der Waals surface area (Å²) in [4.78, 5) is 12.4. The maximum atomic E-state index is 12.4. The number of amides is 1. The largest absolute Gasteiger partial charge is 0.394 e. The molecule has 0 aliphatic carbocycles. The fraction of sp³-hybridized carbons (Fsp3) is 0.648. The van der Waals surface area contributed by atoms with Crippen molar-refractivity contribution in [2.45, 2.75) is 219 Å². The topological polar surface area (TPSA) is 69.6 Å². The van der Waals surface area contributed by atoms with Gasteiger partial charge in [0.25, 0.3) is 0 Å². The summed E-state index contributed by atoms with van der Waals surface area (Å²) in [5.41, 5.74) is 0. The van der Waals surface area contributed by atoms with E-state index in [4.69, 9.17) is 0 Å². The van der Waals surface area contributed by atoms with Crippen LogP contribution in [0.15, 0.2) is 109 Å². The normalized spacial score (nSPS) is 13.9. The van der Waals surface area contributed by atoms with E-state index < -0.39 is 12.1 Å². The van der Waals surface area contributed by atoms with Crippen LogP contribution in [-0.2, 0) is 4.79 Å².